The second-order valence-corrected chi connectivity index (χ2v) is 8.30. The van der Waals surface area contributed by atoms with Crippen molar-refractivity contribution in [2.24, 2.45) is 5.73 Å². The Morgan fingerprint density at radius 2 is 2.14 bits per heavy atom. The number of pyridine rings is 1. The molecule has 1 fully saturated rings. The molecule has 0 radical (unpaired) electrons. The van der Waals surface area contributed by atoms with Crippen molar-refractivity contribution in [2.75, 3.05) is 5.32 Å². The summed E-state index contributed by atoms with van der Waals surface area (Å²) in [7, 11) is 0. The van der Waals surface area contributed by atoms with E-state index in [1.165, 1.54) is 23.1 Å². The minimum Gasteiger partial charge on any atom is -0.365 e. The summed E-state index contributed by atoms with van der Waals surface area (Å²) in [6.45, 7) is 1.62. The highest BCUT2D eigenvalue weighted by atomic mass is 35.5. The van der Waals surface area contributed by atoms with Crippen LogP contribution in [-0.4, -0.2) is 26.6 Å². The maximum atomic E-state index is 13.3. The number of hydrogen-bond donors (Lipinski definition) is 2. The lowest BCUT2D eigenvalue weighted by atomic mass is 10.0. The van der Waals surface area contributed by atoms with E-state index in [2.05, 4.69) is 15.4 Å². The van der Waals surface area contributed by atoms with Crippen molar-refractivity contribution in [3.63, 3.8) is 0 Å². The van der Waals surface area contributed by atoms with Crippen LogP contribution in [0.3, 0.4) is 0 Å². The molecular formula is C18H16ClF2N5O2S. The molecule has 11 heteroatoms. The van der Waals surface area contributed by atoms with Gasteiger partial charge < -0.3 is 11.1 Å². The van der Waals surface area contributed by atoms with Crippen LogP contribution in [0.25, 0.3) is 10.2 Å². The number of nitrogens with two attached hydrogens (primary N) is 1. The number of amides is 2. The Kier molecular flexibility index (Phi) is 4.99. The smallest absolute Gasteiger partial charge is 0.280 e. The fraction of sp³-hybridized carbons (Fsp3) is 0.333. The molecule has 1 atom stereocenters. The second-order valence-electron chi connectivity index (χ2n) is 6.87. The molecule has 29 heavy (non-hydrogen) atoms. The van der Waals surface area contributed by atoms with Crippen LogP contribution in [0, 0.1) is 0 Å². The largest absolute Gasteiger partial charge is 0.365 e. The molecule has 7 nitrogen and oxygen atoms in total. The van der Waals surface area contributed by atoms with E-state index in [-0.39, 0.29) is 27.0 Å². The molecular weight excluding hydrogens is 424 g/mol. The average Bonchev–Trinajstić information content (AvgIpc) is 3.33. The van der Waals surface area contributed by atoms with E-state index < -0.39 is 24.3 Å². The van der Waals surface area contributed by atoms with Crippen molar-refractivity contribution < 1.29 is 18.4 Å². The predicted molar refractivity (Wildman–Crippen MR) is 106 cm³/mol. The van der Waals surface area contributed by atoms with Crippen molar-refractivity contribution >= 4 is 50.7 Å². The first-order valence-electron chi connectivity index (χ1n) is 8.82. The van der Waals surface area contributed by atoms with Crippen molar-refractivity contribution in [2.45, 2.75) is 38.2 Å². The van der Waals surface area contributed by atoms with Gasteiger partial charge in [-0.15, -0.1) is 11.3 Å². The highest BCUT2D eigenvalue weighted by molar-refractivity contribution is 7.21. The third-order valence-corrected chi connectivity index (χ3v) is 6.06. The molecule has 3 aromatic heterocycles. The average molecular weight is 440 g/mol. The number of nitrogens with zero attached hydrogens (tertiary/aromatic N) is 3. The maximum absolute atomic E-state index is 13.3. The number of rotatable bonds is 6. The first-order chi connectivity index (χ1) is 13.8. The number of hydrogen-bond acceptors (Lipinski definition) is 5. The molecule has 0 aliphatic heterocycles. The number of carbonyl (C=O) groups excluding carboxylic acids is 2. The summed E-state index contributed by atoms with van der Waals surface area (Å²) in [6, 6.07) is 0.630. The quantitative estimate of drug-likeness (QED) is 0.598. The molecule has 2 amide bonds. The molecule has 1 unspecified atom stereocenters. The van der Waals surface area contributed by atoms with Crippen LogP contribution < -0.4 is 11.1 Å². The SMILES string of the molecule is CC(C(=O)Nc1c(C(N)=O)sc2nc(C(F)F)cc(C3CC3)c12)n1cc(Cl)cn1. The first-order valence-corrected chi connectivity index (χ1v) is 10.0. The zero-order valence-corrected chi connectivity index (χ0v) is 16.7. The third kappa shape index (κ3) is 3.69. The van der Waals surface area contributed by atoms with Gasteiger partial charge in [0, 0.05) is 11.6 Å². The molecule has 4 rings (SSSR count). The summed E-state index contributed by atoms with van der Waals surface area (Å²) < 4.78 is 28.0. The Morgan fingerprint density at radius 1 is 1.41 bits per heavy atom. The van der Waals surface area contributed by atoms with Crippen LogP contribution in [0.5, 0.6) is 0 Å². The van der Waals surface area contributed by atoms with Crippen molar-refractivity contribution in [3.8, 4) is 0 Å². The number of aromatic nitrogens is 3. The number of fused-ring (bicyclic) bond motifs is 1. The normalized spacial score (nSPS) is 15.1. The van der Waals surface area contributed by atoms with Crippen molar-refractivity contribution in [1.29, 1.82) is 0 Å². The summed E-state index contributed by atoms with van der Waals surface area (Å²) in [6.07, 6.45) is 1.86. The zero-order chi connectivity index (χ0) is 20.9. The van der Waals surface area contributed by atoms with Gasteiger partial charge >= 0.3 is 0 Å². The topological polar surface area (TPSA) is 103 Å². The lowest BCUT2D eigenvalue weighted by Crippen LogP contribution is -2.25. The van der Waals surface area contributed by atoms with Crippen LogP contribution >= 0.6 is 22.9 Å². The molecule has 0 bridgehead atoms. The van der Waals surface area contributed by atoms with E-state index >= 15 is 0 Å². The number of alkyl halides is 2. The van der Waals surface area contributed by atoms with Crippen molar-refractivity contribution in [3.05, 3.63) is 39.6 Å². The predicted octanol–water partition coefficient (Wildman–Crippen LogP) is 4.26. The molecule has 1 aliphatic rings. The minimum atomic E-state index is -2.74. The van der Waals surface area contributed by atoms with Gasteiger partial charge in [-0.05, 0) is 37.3 Å². The Morgan fingerprint density at radius 3 is 2.69 bits per heavy atom. The van der Waals surface area contributed by atoms with E-state index in [1.807, 2.05) is 0 Å². The van der Waals surface area contributed by atoms with Gasteiger partial charge in [0.2, 0.25) is 5.91 Å². The standard InChI is InChI=1S/C18H16ClF2N5O2S/c1-7(26-6-9(19)5-23-26)17(28)25-13-12-10(8-2-3-8)4-11(15(20)21)24-18(12)29-14(13)16(22)27/h4-8,15H,2-3H2,1H3,(H2,22,27)(H,25,28). The van der Waals surface area contributed by atoms with E-state index in [0.29, 0.717) is 16.0 Å². The van der Waals surface area contributed by atoms with Crippen LogP contribution in [0.2, 0.25) is 5.02 Å². The molecule has 1 aliphatic carbocycles. The Bertz CT molecular complexity index is 1130. The van der Waals surface area contributed by atoms with Crippen molar-refractivity contribution in [1.82, 2.24) is 14.8 Å². The van der Waals surface area contributed by atoms with Crippen LogP contribution in [-0.2, 0) is 4.79 Å². The second kappa shape index (κ2) is 7.34. The summed E-state index contributed by atoms with van der Waals surface area (Å²) in [5.41, 5.74) is 6.00. The van der Waals surface area contributed by atoms with Gasteiger partial charge in [0.15, 0.2) is 0 Å². The van der Waals surface area contributed by atoms with Gasteiger partial charge in [-0.3, -0.25) is 14.3 Å². The fourth-order valence-corrected chi connectivity index (χ4v) is 4.31. The van der Waals surface area contributed by atoms with Crippen LogP contribution in [0.1, 0.15) is 59.1 Å². The molecule has 152 valence electrons. The molecule has 0 aromatic carbocycles. The maximum Gasteiger partial charge on any atom is 0.280 e. The minimum absolute atomic E-state index is 0.0693. The van der Waals surface area contributed by atoms with E-state index in [9.17, 15) is 18.4 Å². The Balaban J connectivity index is 1.81. The number of anilines is 1. The molecule has 0 saturated heterocycles. The van der Waals surface area contributed by atoms with E-state index in [0.717, 1.165) is 24.2 Å². The van der Waals surface area contributed by atoms with Gasteiger partial charge in [-0.25, -0.2) is 13.8 Å². The Hall–Kier alpha value is -2.59. The van der Waals surface area contributed by atoms with Crippen LogP contribution in [0.15, 0.2) is 18.5 Å². The summed E-state index contributed by atoms with van der Waals surface area (Å²) >= 11 is 6.75. The third-order valence-electron chi connectivity index (χ3n) is 4.77. The number of halogens is 3. The monoisotopic (exact) mass is 439 g/mol. The van der Waals surface area contributed by atoms with Crippen LogP contribution in [0.4, 0.5) is 14.5 Å². The lowest BCUT2D eigenvalue weighted by Gasteiger charge is -2.14. The summed E-state index contributed by atoms with van der Waals surface area (Å²) in [5, 5.41) is 7.62. The van der Waals surface area contributed by atoms with Gasteiger partial charge in [0.1, 0.15) is 21.4 Å². The van der Waals surface area contributed by atoms with E-state index in [1.54, 1.807) is 6.92 Å². The Labute approximate surface area is 172 Å². The van der Waals surface area contributed by atoms with Gasteiger partial charge in [0.25, 0.3) is 12.3 Å². The van der Waals surface area contributed by atoms with Gasteiger partial charge in [-0.2, -0.15) is 5.10 Å². The summed E-state index contributed by atoms with van der Waals surface area (Å²) in [5.74, 6) is -1.13. The highest BCUT2D eigenvalue weighted by Crippen LogP contribution is 2.48. The van der Waals surface area contributed by atoms with Gasteiger partial charge in [-0.1, -0.05) is 11.6 Å². The fourth-order valence-electron chi connectivity index (χ4n) is 3.14. The van der Waals surface area contributed by atoms with E-state index in [4.69, 9.17) is 17.3 Å². The highest BCUT2D eigenvalue weighted by Gasteiger charge is 2.32. The number of primary amides is 1. The molecule has 3 N–H and O–H groups in total. The molecule has 3 heterocycles. The number of carbonyl (C=O) groups is 2. The number of thiophene rings is 1. The summed E-state index contributed by atoms with van der Waals surface area (Å²) in [4.78, 5) is 29.1. The molecule has 0 spiro atoms. The van der Waals surface area contributed by atoms with Gasteiger partial charge in [0.05, 0.1) is 16.9 Å². The zero-order valence-electron chi connectivity index (χ0n) is 15.2. The first kappa shape index (κ1) is 19.7. The number of nitrogens with one attached hydrogen (secondary N) is 1. The lowest BCUT2D eigenvalue weighted by molar-refractivity contribution is -0.119. The molecule has 3 aromatic rings. The molecule has 1 saturated carbocycles.